The van der Waals surface area contributed by atoms with Gasteiger partial charge in [0, 0.05) is 10.5 Å². The van der Waals surface area contributed by atoms with Crippen molar-refractivity contribution in [2.45, 2.75) is 13.8 Å². The summed E-state index contributed by atoms with van der Waals surface area (Å²) in [5.41, 5.74) is 2.17. The summed E-state index contributed by atoms with van der Waals surface area (Å²) in [5, 5.41) is 0. The summed E-state index contributed by atoms with van der Waals surface area (Å²) < 4.78 is 5.25. The molecule has 76 valence electrons. The Morgan fingerprint density at radius 3 is 2.43 bits per heavy atom. The van der Waals surface area contributed by atoms with Crippen LogP contribution >= 0.6 is 25.3 Å². The van der Waals surface area contributed by atoms with E-state index in [1.165, 1.54) is 5.56 Å². The monoisotopic (exact) mass is 226 g/mol. The summed E-state index contributed by atoms with van der Waals surface area (Å²) in [6.07, 6.45) is 0. The van der Waals surface area contributed by atoms with Crippen molar-refractivity contribution in [2.75, 3.05) is 7.11 Å². The number of rotatable bonds is 2. The first-order valence-electron chi connectivity index (χ1n) is 4.30. The second kappa shape index (κ2) is 4.80. The van der Waals surface area contributed by atoms with Gasteiger partial charge in [-0.05, 0) is 30.9 Å². The van der Waals surface area contributed by atoms with E-state index in [9.17, 15) is 0 Å². The molecule has 0 aliphatic heterocycles. The minimum absolute atomic E-state index is 0.828. The summed E-state index contributed by atoms with van der Waals surface area (Å²) in [7, 11) is 1.66. The van der Waals surface area contributed by atoms with Crippen LogP contribution in [0.15, 0.2) is 23.1 Å². The van der Waals surface area contributed by atoms with Crippen molar-refractivity contribution in [1.29, 1.82) is 0 Å². The van der Waals surface area contributed by atoms with E-state index in [0.717, 1.165) is 21.1 Å². The van der Waals surface area contributed by atoms with Crippen molar-refractivity contribution >= 4 is 30.2 Å². The predicted molar refractivity (Wildman–Crippen MR) is 68.3 cm³/mol. The van der Waals surface area contributed by atoms with Crippen molar-refractivity contribution in [3.05, 3.63) is 34.2 Å². The molecule has 0 spiro atoms. The summed E-state index contributed by atoms with van der Waals surface area (Å²) in [6, 6.07) is 6.00. The SMILES string of the molecule is COc1ccc(C)cc1C(S)=C(C)S. The molecule has 1 aromatic carbocycles. The highest BCUT2D eigenvalue weighted by atomic mass is 32.1. The van der Waals surface area contributed by atoms with Gasteiger partial charge < -0.3 is 4.74 Å². The third-order valence-electron chi connectivity index (χ3n) is 1.95. The van der Waals surface area contributed by atoms with Crippen molar-refractivity contribution < 1.29 is 4.74 Å². The zero-order chi connectivity index (χ0) is 10.7. The van der Waals surface area contributed by atoms with Gasteiger partial charge in [0.1, 0.15) is 5.75 Å². The van der Waals surface area contributed by atoms with Gasteiger partial charge >= 0.3 is 0 Å². The normalized spacial score (nSPS) is 12.4. The average molecular weight is 226 g/mol. The fraction of sp³-hybridized carbons (Fsp3) is 0.273. The molecule has 0 N–H and O–H groups in total. The molecule has 0 unspecified atom stereocenters. The van der Waals surface area contributed by atoms with Crippen LogP contribution in [0, 0.1) is 6.92 Å². The summed E-state index contributed by atoms with van der Waals surface area (Å²) in [4.78, 5) is 1.74. The number of benzene rings is 1. The number of allylic oxidation sites excluding steroid dienone is 1. The quantitative estimate of drug-likeness (QED) is 0.733. The fourth-order valence-corrected chi connectivity index (χ4v) is 1.50. The zero-order valence-corrected chi connectivity index (χ0v) is 10.3. The Hall–Kier alpha value is -0.540. The van der Waals surface area contributed by atoms with Crippen molar-refractivity contribution in [3.63, 3.8) is 0 Å². The van der Waals surface area contributed by atoms with E-state index >= 15 is 0 Å². The molecule has 3 heteroatoms. The molecule has 0 saturated carbocycles. The van der Waals surface area contributed by atoms with Gasteiger partial charge in [0.25, 0.3) is 0 Å². The molecule has 0 aliphatic rings. The van der Waals surface area contributed by atoms with Gasteiger partial charge in [0.15, 0.2) is 0 Å². The number of aryl methyl sites for hydroxylation is 1. The summed E-state index contributed by atoms with van der Waals surface area (Å²) in [5.74, 6) is 0.828. The zero-order valence-electron chi connectivity index (χ0n) is 8.53. The van der Waals surface area contributed by atoms with E-state index in [1.54, 1.807) is 7.11 Å². The molecule has 0 fully saturated rings. The van der Waals surface area contributed by atoms with Crippen LogP contribution in [-0.2, 0) is 0 Å². The minimum Gasteiger partial charge on any atom is -0.496 e. The van der Waals surface area contributed by atoms with Crippen LogP contribution in [0.5, 0.6) is 5.75 Å². The van der Waals surface area contributed by atoms with Crippen LogP contribution in [-0.4, -0.2) is 7.11 Å². The smallest absolute Gasteiger partial charge is 0.127 e. The van der Waals surface area contributed by atoms with E-state index in [2.05, 4.69) is 25.3 Å². The van der Waals surface area contributed by atoms with Crippen LogP contribution < -0.4 is 4.74 Å². The van der Waals surface area contributed by atoms with Crippen LogP contribution in [0.1, 0.15) is 18.1 Å². The number of thiol groups is 2. The van der Waals surface area contributed by atoms with Crippen LogP contribution in [0.2, 0.25) is 0 Å². The van der Waals surface area contributed by atoms with E-state index < -0.39 is 0 Å². The highest BCUT2D eigenvalue weighted by Crippen LogP contribution is 2.32. The maximum atomic E-state index is 5.25. The molecule has 0 aromatic heterocycles. The van der Waals surface area contributed by atoms with Gasteiger partial charge in [-0.2, -0.15) is 0 Å². The lowest BCUT2D eigenvalue weighted by molar-refractivity contribution is 0.413. The van der Waals surface area contributed by atoms with Gasteiger partial charge in [-0.3, -0.25) is 0 Å². The maximum absolute atomic E-state index is 5.25. The van der Waals surface area contributed by atoms with Gasteiger partial charge in [0.2, 0.25) is 0 Å². The lowest BCUT2D eigenvalue weighted by Crippen LogP contribution is -1.90. The summed E-state index contributed by atoms with van der Waals surface area (Å²) in [6.45, 7) is 3.95. The molecular formula is C11H14OS2. The Kier molecular flexibility index (Phi) is 3.96. The van der Waals surface area contributed by atoms with Gasteiger partial charge in [-0.25, -0.2) is 0 Å². The molecule has 0 bridgehead atoms. The Bertz CT molecular complexity index is 366. The lowest BCUT2D eigenvalue weighted by Gasteiger charge is -2.10. The van der Waals surface area contributed by atoms with E-state index in [-0.39, 0.29) is 0 Å². The Labute approximate surface area is 96.0 Å². The number of hydrogen-bond acceptors (Lipinski definition) is 3. The van der Waals surface area contributed by atoms with Gasteiger partial charge in [-0.1, -0.05) is 11.6 Å². The van der Waals surface area contributed by atoms with Crippen molar-refractivity contribution in [3.8, 4) is 5.75 Å². The minimum atomic E-state index is 0.828. The number of methoxy groups -OCH3 is 1. The molecule has 1 rings (SSSR count). The molecule has 0 amide bonds. The first kappa shape index (κ1) is 11.5. The van der Waals surface area contributed by atoms with Crippen molar-refractivity contribution in [1.82, 2.24) is 0 Å². The predicted octanol–water partition coefficient (Wildman–Crippen LogP) is 3.55. The average Bonchev–Trinajstić information content (AvgIpc) is 2.16. The second-order valence-electron chi connectivity index (χ2n) is 3.14. The van der Waals surface area contributed by atoms with Gasteiger partial charge in [-0.15, -0.1) is 25.3 Å². The molecule has 1 nitrogen and oxygen atoms in total. The van der Waals surface area contributed by atoms with E-state index in [1.807, 2.05) is 32.0 Å². The maximum Gasteiger partial charge on any atom is 0.127 e. The first-order valence-corrected chi connectivity index (χ1v) is 5.19. The molecule has 0 saturated heterocycles. The second-order valence-corrected chi connectivity index (χ2v) is 4.26. The Morgan fingerprint density at radius 1 is 1.29 bits per heavy atom. The molecule has 0 aliphatic carbocycles. The molecule has 0 atom stereocenters. The molecule has 0 radical (unpaired) electrons. The Balaban J connectivity index is 3.31. The fourth-order valence-electron chi connectivity index (χ4n) is 1.20. The van der Waals surface area contributed by atoms with E-state index in [4.69, 9.17) is 4.74 Å². The molecule has 14 heavy (non-hydrogen) atoms. The molecule has 1 aromatic rings. The lowest BCUT2D eigenvalue weighted by atomic mass is 10.1. The third kappa shape index (κ3) is 2.49. The van der Waals surface area contributed by atoms with Crippen LogP contribution in [0.3, 0.4) is 0 Å². The standard InChI is InChI=1S/C11H14OS2/c1-7-4-5-10(12-3)9(6-7)11(14)8(2)13/h4-6,13-14H,1-3H3. The van der Waals surface area contributed by atoms with E-state index in [0.29, 0.717) is 0 Å². The van der Waals surface area contributed by atoms with Gasteiger partial charge in [0.05, 0.1) is 7.11 Å². The van der Waals surface area contributed by atoms with Crippen LogP contribution in [0.4, 0.5) is 0 Å². The summed E-state index contributed by atoms with van der Waals surface area (Å²) >= 11 is 8.68. The first-order chi connectivity index (χ1) is 6.56. The van der Waals surface area contributed by atoms with Crippen LogP contribution in [0.25, 0.3) is 4.91 Å². The number of ether oxygens (including phenoxy) is 1. The van der Waals surface area contributed by atoms with Crippen molar-refractivity contribution in [2.24, 2.45) is 0 Å². The molecule has 0 heterocycles. The molecular weight excluding hydrogens is 212 g/mol. The third-order valence-corrected chi connectivity index (χ3v) is 2.93. The largest absolute Gasteiger partial charge is 0.496 e. The highest BCUT2D eigenvalue weighted by molar-refractivity contribution is 7.93. The Morgan fingerprint density at radius 2 is 1.93 bits per heavy atom. The topological polar surface area (TPSA) is 9.23 Å². The number of hydrogen-bond donors (Lipinski definition) is 2. The highest BCUT2D eigenvalue weighted by Gasteiger charge is 2.06.